The van der Waals surface area contributed by atoms with E-state index in [4.69, 9.17) is 0 Å². The van der Waals surface area contributed by atoms with E-state index in [-0.39, 0.29) is 0 Å². The number of aryl methyl sites for hydroxylation is 1. The van der Waals surface area contributed by atoms with Gasteiger partial charge in [0, 0.05) is 49.3 Å². The van der Waals surface area contributed by atoms with Crippen molar-refractivity contribution in [2.24, 2.45) is 10.9 Å². The molecule has 5 nitrogen and oxygen atoms in total. The molecule has 1 aliphatic heterocycles. The van der Waals surface area contributed by atoms with Gasteiger partial charge in [-0.05, 0) is 43.5 Å². The summed E-state index contributed by atoms with van der Waals surface area (Å²) in [6, 6.07) is 8.58. The zero-order valence-electron chi connectivity index (χ0n) is 15.6. The van der Waals surface area contributed by atoms with Crippen molar-refractivity contribution in [2.45, 2.75) is 19.9 Å². The third-order valence-electron chi connectivity index (χ3n) is 4.67. The molecule has 26 heavy (non-hydrogen) atoms. The molecule has 0 bridgehead atoms. The van der Waals surface area contributed by atoms with Crippen LogP contribution in [-0.4, -0.2) is 49.6 Å². The molecule has 0 saturated carbocycles. The van der Waals surface area contributed by atoms with E-state index >= 15 is 0 Å². The zero-order valence-corrected chi connectivity index (χ0v) is 18.0. The quantitative estimate of drug-likeness (QED) is 0.573. The van der Waals surface area contributed by atoms with Crippen LogP contribution in [0.4, 0.5) is 5.69 Å². The van der Waals surface area contributed by atoms with E-state index in [2.05, 4.69) is 77.7 Å². The van der Waals surface area contributed by atoms with E-state index in [1.807, 2.05) is 14.0 Å². The number of rotatable bonds is 5. The number of anilines is 1. The Hall–Kier alpha value is -1.60. The Labute approximate surface area is 168 Å². The average molecular weight is 436 g/mol. The predicted octanol–water partition coefficient (Wildman–Crippen LogP) is 3.75. The van der Waals surface area contributed by atoms with Gasteiger partial charge in [0.05, 0.1) is 17.2 Å². The Kier molecular flexibility index (Phi) is 6.53. The molecule has 0 radical (unpaired) electrons. The second kappa shape index (κ2) is 8.86. The molecule has 0 aliphatic carbocycles. The Balaban J connectivity index is 1.49. The number of aromatic nitrogens is 1. The third-order valence-corrected chi connectivity index (χ3v) is 6.02. The number of hydrogen-bond acceptors (Lipinski definition) is 4. The van der Waals surface area contributed by atoms with Crippen LogP contribution in [-0.2, 0) is 6.54 Å². The molecule has 0 spiro atoms. The van der Waals surface area contributed by atoms with Crippen LogP contribution in [0.25, 0.3) is 0 Å². The molecule has 1 saturated heterocycles. The number of guanidine groups is 1. The summed E-state index contributed by atoms with van der Waals surface area (Å²) >= 11 is 5.19. The zero-order chi connectivity index (χ0) is 18.5. The summed E-state index contributed by atoms with van der Waals surface area (Å²) in [6.45, 7) is 5.96. The molecule has 1 aromatic carbocycles. The first-order valence-electron chi connectivity index (χ1n) is 8.88. The summed E-state index contributed by atoms with van der Waals surface area (Å²) in [5, 5.41) is 6.76. The number of nitrogens with zero attached hydrogens (tertiary/aromatic N) is 4. The minimum Gasteiger partial charge on any atom is -0.371 e. The Morgan fingerprint density at radius 2 is 2.19 bits per heavy atom. The minimum absolute atomic E-state index is 0.630. The van der Waals surface area contributed by atoms with Crippen molar-refractivity contribution in [2.75, 3.05) is 38.6 Å². The summed E-state index contributed by atoms with van der Waals surface area (Å²) in [5.74, 6) is 1.56. The topological polar surface area (TPSA) is 43.8 Å². The van der Waals surface area contributed by atoms with E-state index in [1.165, 1.54) is 12.1 Å². The fourth-order valence-electron chi connectivity index (χ4n) is 3.30. The Bertz CT molecular complexity index is 743. The highest BCUT2D eigenvalue weighted by Crippen LogP contribution is 2.25. The van der Waals surface area contributed by atoms with Crippen molar-refractivity contribution in [3.8, 4) is 0 Å². The number of aliphatic imine (C=N–C) groups is 1. The summed E-state index contributed by atoms with van der Waals surface area (Å²) in [7, 11) is 3.90. The largest absolute Gasteiger partial charge is 0.371 e. The summed E-state index contributed by atoms with van der Waals surface area (Å²) in [6.07, 6.45) is 1.20. The molecule has 3 rings (SSSR count). The van der Waals surface area contributed by atoms with E-state index in [0.717, 1.165) is 47.3 Å². The van der Waals surface area contributed by atoms with Gasteiger partial charge < -0.3 is 15.1 Å². The number of hydrogen-bond donors (Lipinski definition) is 1. The van der Waals surface area contributed by atoms with Crippen LogP contribution in [0.1, 0.15) is 17.1 Å². The Morgan fingerprint density at radius 1 is 1.42 bits per heavy atom. The normalized spacial score (nSPS) is 17.6. The molecule has 7 heteroatoms. The number of nitrogens with one attached hydrogen (secondary N) is 1. The van der Waals surface area contributed by atoms with Crippen molar-refractivity contribution < 1.29 is 0 Å². The fourth-order valence-corrected chi connectivity index (χ4v) is 4.17. The molecule has 1 atom stereocenters. The first-order valence-corrected chi connectivity index (χ1v) is 10.6. The molecular weight excluding hydrogens is 410 g/mol. The first-order chi connectivity index (χ1) is 12.5. The highest BCUT2D eigenvalue weighted by atomic mass is 79.9. The van der Waals surface area contributed by atoms with E-state index in [1.54, 1.807) is 11.3 Å². The van der Waals surface area contributed by atoms with Crippen molar-refractivity contribution in [3.63, 3.8) is 0 Å². The SMILES string of the molecule is CN=C(NCC1CCN(c2ccc(Br)cc2)C1)N(C)Cc1csc(C)n1. The van der Waals surface area contributed by atoms with Gasteiger partial charge in [0.2, 0.25) is 0 Å². The Morgan fingerprint density at radius 3 is 2.85 bits per heavy atom. The highest BCUT2D eigenvalue weighted by molar-refractivity contribution is 9.10. The van der Waals surface area contributed by atoms with Gasteiger partial charge in [-0.3, -0.25) is 4.99 Å². The van der Waals surface area contributed by atoms with Gasteiger partial charge in [-0.25, -0.2) is 4.98 Å². The highest BCUT2D eigenvalue weighted by Gasteiger charge is 2.23. The van der Waals surface area contributed by atoms with Crippen molar-refractivity contribution in [1.82, 2.24) is 15.2 Å². The van der Waals surface area contributed by atoms with Crippen LogP contribution < -0.4 is 10.2 Å². The predicted molar refractivity (Wildman–Crippen MR) is 114 cm³/mol. The molecule has 0 amide bonds. The number of thiazole rings is 1. The maximum Gasteiger partial charge on any atom is 0.193 e. The van der Waals surface area contributed by atoms with Crippen LogP contribution in [0.3, 0.4) is 0 Å². The summed E-state index contributed by atoms with van der Waals surface area (Å²) < 4.78 is 1.13. The first kappa shape index (κ1) is 19.2. The van der Waals surface area contributed by atoms with Crippen LogP contribution in [0.5, 0.6) is 0 Å². The van der Waals surface area contributed by atoms with Crippen molar-refractivity contribution >= 4 is 38.9 Å². The van der Waals surface area contributed by atoms with Crippen LogP contribution in [0.2, 0.25) is 0 Å². The van der Waals surface area contributed by atoms with Gasteiger partial charge in [0.1, 0.15) is 0 Å². The monoisotopic (exact) mass is 435 g/mol. The third kappa shape index (κ3) is 4.98. The summed E-state index contributed by atoms with van der Waals surface area (Å²) in [5.41, 5.74) is 2.40. The lowest BCUT2D eigenvalue weighted by Gasteiger charge is -2.23. The van der Waals surface area contributed by atoms with E-state index in [0.29, 0.717) is 5.92 Å². The van der Waals surface area contributed by atoms with Gasteiger partial charge in [0.15, 0.2) is 5.96 Å². The van der Waals surface area contributed by atoms with E-state index < -0.39 is 0 Å². The van der Waals surface area contributed by atoms with Crippen molar-refractivity contribution in [1.29, 1.82) is 0 Å². The molecule has 2 heterocycles. The second-order valence-corrected chi connectivity index (χ2v) is 8.70. The standard InChI is InChI=1S/C19H26BrN5S/c1-14-23-17(13-26-14)12-24(3)19(21-2)22-10-15-8-9-25(11-15)18-6-4-16(20)5-7-18/h4-7,13,15H,8-12H2,1-3H3,(H,21,22). The molecule has 1 aromatic heterocycles. The fraction of sp³-hybridized carbons (Fsp3) is 0.474. The van der Waals surface area contributed by atoms with Crippen LogP contribution in [0, 0.1) is 12.8 Å². The lowest BCUT2D eigenvalue weighted by molar-refractivity contribution is 0.458. The maximum absolute atomic E-state index is 4.54. The van der Waals surface area contributed by atoms with Gasteiger partial charge in [0.25, 0.3) is 0 Å². The van der Waals surface area contributed by atoms with Crippen LogP contribution in [0.15, 0.2) is 39.1 Å². The number of halogens is 1. The molecular formula is C19H26BrN5S. The lowest BCUT2D eigenvalue weighted by Crippen LogP contribution is -2.41. The number of benzene rings is 1. The molecule has 1 N–H and O–H groups in total. The van der Waals surface area contributed by atoms with Gasteiger partial charge in [-0.15, -0.1) is 11.3 Å². The second-order valence-electron chi connectivity index (χ2n) is 6.72. The molecule has 1 fully saturated rings. The maximum atomic E-state index is 4.54. The van der Waals surface area contributed by atoms with Gasteiger partial charge in [-0.1, -0.05) is 15.9 Å². The smallest absolute Gasteiger partial charge is 0.193 e. The van der Waals surface area contributed by atoms with E-state index in [9.17, 15) is 0 Å². The van der Waals surface area contributed by atoms with Gasteiger partial charge >= 0.3 is 0 Å². The average Bonchev–Trinajstić information content (AvgIpc) is 3.25. The van der Waals surface area contributed by atoms with Gasteiger partial charge in [-0.2, -0.15) is 0 Å². The molecule has 140 valence electrons. The van der Waals surface area contributed by atoms with Crippen molar-refractivity contribution in [3.05, 3.63) is 44.8 Å². The molecule has 1 aliphatic rings. The minimum atomic E-state index is 0.630. The lowest BCUT2D eigenvalue weighted by atomic mass is 10.1. The molecule has 2 aromatic rings. The van der Waals surface area contributed by atoms with Crippen LogP contribution >= 0.6 is 27.3 Å². The molecule has 1 unspecified atom stereocenters. The summed E-state index contributed by atoms with van der Waals surface area (Å²) in [4.78, 5) is 13.6.